The molecule has 0 radical (unpaired) electrons. The summed E-state index contributed by atoms with van der Waals surface area (Å²) in [5.74, 6) is -0.356. The first-order valence-corrected chi connectivity index (χ1v) is 8.42. The molecule has 20 heavy (non-hydrogen) atoms. The molecule has 0 spiro atoms. The van der Waals surface area contributed by atoms with Gasteiger partial charge in [-0.05, 0) is 30.2 Å². The molecule has 0 bridgehead atoms. The summed E-state index contributed by atoms with van der Waals surface area (Å²) in [4.78, 5) is 11.6. The molecule has 0 aliphatic heterocycles. The normalized spacial score (nSPS) is 11.7. The zero-order chi connectivity index (χ0) is 15.3. The van der Waals surface area contributed by atoms with E-state index in [9.17, 15) is 13.2 Å². The maximum atomic E-state index is 11.6. The third-order valence-electron chi connectivity index (χ3n) is 2.59. The van der Waals surface area contributed by atoms with Crippen molar-refractivity contribution in [2.45, 2.75) is 6.42 Å². The number of halogens is 2. The van der Waals surface area contributed by atoms with Gasteiger partial charge in [0.2, 0.25) is 15.9 Å². The fourth-order valence-electron chi connectivity index (χ4n) is 1.48. The summed E-state index contributed by atoms with van der Waals surface area (Å²) in [7, 11) is -2.00. The van der Waals surface area contributed by atoms with Crippen LogP contribution in [0.25, 0.3) is 0 Å². The van der Waals surface area contributed by atoms with E-state index in [4.69, 9.17) is 23.2 Å². The Kier molecular flexibility index (Phi) is 6.26. The SMILES string of the molecule is CN(CC(=O)NCCc1cc(Cl)cc(Cl)c1)S(C)(=O)=O. The van der Waals surface area contributed by atoms with Crippen LogP contribution in [0.5, 0.6) is 0 Å². The molecule has 0 saturated carbocycles. The number of hydrogen-bond acceptors (Lipinski definition) is 3. The summed E-state index contributed by atoms with van der Waals surface area (Å²) >= 11 is 11.7. The summed E-state index contributed by atoms with van der Waals surface area (Å²) in [6.07, 6.45) is 1.61. The zero-order valence-electron chi connectivity index (χ0n) is 11.2. The molecule has 0 aliphatic carbocycles. The first-order valence-electron chi connectivity index (χ1n) is 5.81. The molecule has 5 nitrogen and oxygen atoms in total. The van der Waals surface area contributed by atoms with Crippen LogP contribution < -0.4 is 5.32 Å². The van der Waals surface area contributed by atoms with E-state index in [1.165, 1.54) is 7.05 Å². The predicted octanol–water partition coefficient (Wildman–Crippen LogP) is 1.54. The summed E-state index contributed by atoms with van der Waals surface area (Å²) in [6, 6.07) is 5.16. The van der Waals surface area contributed by atoms with Gasteiger partial charge in [0, 0.05) is 23.6 Å². The molecule has 0 aromatic heterocycles. The van der Waals surface area contributed by atoms with E-state index >= 15 is 0 Å². The summed E-state index contributed by atoms with van der Waals surface area (Å²) < 4.78 is 23.3. The Balaban J connectivity index is 2.42. The zero-order valence-corrected chi connectivity index (χ0v) is 13.5. The number of likely N-dealkylation sites (N-methyl/N-ethyl adjacent to an activating group) is 1. The van der Waals surface area contributed by atoms with Gasteiger partial charge in [-0.1, -0.05) is 23.2 Å². The second kappa shape index (κ2) is 7.26. The Morgan fingerprint density at radius 2 is 1.80 bits per heavy atom. The third-order valence-corrected chi connectivity index (χ3v) is 4.29. The number of carbonyl (C=O) groups excluding carboxylic acids is 1. The van der Waals surface area contributed by atoms with Crippen molar-refractivity contribution in [3.05, 3.63) is 33.8 Å². The van der Waals surface area contributed by atoms with Gasteiger partial charge < -0.3 is 5.32 Å². The highest BCUT2D eigenvalue weighted by atomic mass is 35.5. The number of nitrogens with one attached hydrogen (secondary N) is 1. The van der Waals surface area contributed by atoms with Gasteiger partial charge in [0.15, 0.2) is 0 Å². The van der Waals surface area contributed by atoms with Crippen molar-refractivity contribution in [3.8, 4) is 0 Å². The fourth-order valence-corrected chi connectivity index (χ4v) is 2.40. The summed E-state index contributed by atoms with van der Waals surface area (Å²) in [6.45, 7) is 0.183. The molecular formula is C12H16Cl2N2O3S. The average Bonchev–Trinajstić information content (AvgIpc) is 2.26. The van der Waals surface area contributed by atoms with Gasteiger partial charge in [0.1, 0.15) is 0 Å². The van der Waals surface area contributed by atoms with Crippen molar-refractivity contribution in [2.24, 2.45) is 0 Å². The predicted molar refractivity (Wildman–Crippen MR) is 80.6 cm³/mol. The molecule has 1 amide bonds. The largest absolute Gasteiger partial charge is 0.355 e. The second-order valence-electron chi connectivity index (χ2n) is 4.40. The van der Waals surface area contributed by atoms with Crippen molar-refractivity contribution in [2.75, 3.05) is 26.4 Å². The van der Waals surface area contributed by atoms with Gasteiger partial charge in [-0.15, -0.1) is 0 Å². The minimum absolute atomic E-state index is 0.199. The van der Waals surface area contributed by atoms with E-state index in [0.29, 0.717) is 23.0 Å². The van der Waals surface area contributed by atoms with Gasteiger partial charge in [-0.2, -0.15) is 4.31 Å². The maximum absolute atomic E-state index is 11.6. The number of carbonyl (C=O) groups is 1. The van der Waals surface area contributed by atoms with Gasteiger partial charge >= 0.3 is 0 Å². The van der Waals surface area contributed by atoms with Crippen LogP contribution in [0.3, 0.4) is 0 Å². The molecule has 1 rings (SSSR count). The quantitative estimate of drug-likeness (QED) is 0.855. The molecule has 8 heteroatoms. The van der Waals surface area contributed by atoms with Crippen molar-refractivity contribution >= 4 is 39.1 Å². The smallest absolute Gasteiger partial charge is 0.235 e. The highest BCUT2D eigenvalue weighted by Crippen LogP contribution is 2.19. The first kappa shape index (κ1) is 17.2. The molecule has 0 atom stereocenters. The van der Waals surface area contributed by atoms with Gasteiger partial charge in [-0.25, -0.2) is 8.42 Å². The molecule has 112 valence electrons. The Labute approximate surface area is 128 Å². The molecule has 0 heterocycles. The maximum Gasteiger partial charge on any atom is 0.235 e. The topological polar surface area (TPSA) is 66.5 Å². The lowest BCUT2D eigenvalue weighted by Crippen LogP contribution is -2.38. The fraction of sp³-hybridized carbons (Fsp3) is 0.417. The van der Waals surface area contributed by atoms with Gasteiger partial charge in [0.05, 0.1) is 12.8 Å². The lowest BCUT2D eigenvalue weighted by atomic mass is 10.1. The molecule has 1 aromatic rings. The number of rotatable bonds is 6. The Morgan fingerprint density at radius 1 is 1.25 bits per heavy atom. The highest BCUT2D eigenvalue weighted by Gasteiger charge is 2.14. The molecule has 1 N–H and O–H groups in total. The van der Waals surface area contributed by atoms with E-state index < -0.39 is 10.0 Å². The van der Waals surface area contributed by atoms with Crippen molar-refractivity contribution in [1.29, 1.82) is 0 Å². The van der Waals surface area contributed by atoms with Crippen LogP contribution in [-0.2, 0) is 21.2 Å². The Morgan fingerprint density at radius 3 is 2.30 bits per heavy atom. The van der Waals surface area contributed by atoms with Crippen LogP contribution in [0, 0.1) is 0 Å². The molecule has 0 unspecified atom stereocenters. The Bertz CT molecular complexity index is 570. The summed E-state index contributed by atoms with van der Waals surface area (Å²) in [5, 5.41) is 3.72. The number of hydrogen-bond donors (Lipinski definition) is 1. The standard InChI is InChI=1S/C12H16Cl2N2O3S/c1-16(20(2,18)19)8-12(17)15-4-3-9-5-10(13)7-11(14)6-9/h5-7H,3-4,8H2,1-2H3,(H,15,17). The minimum atomic E-state index is -3.35. The molecule has 0 fully saturated rings. The average molecular weight is 339 g/mol. The molecule has 1 aromatic carbocycles. The van der Waals surface area contributed by atoms with Crippen LogP contribution in [0.15, 0.2) is 18.2 Å². The molecule has 0 saturated heterocycles. The molecular weight excluding hydrogens is 323 g/mol. The second-order valence-corrected chi connectivity index (χ2v) is 7.36. The van der Waals surface area contributed by atoms with E-state index in [2.05, 4.69) is 5.32 Å². The third kappa shape index (κ3) is 6.09. The lowest BCUT2D eigenvalue weighted by Gasteiger charge is -2.13. The van der Waals surface area contributed by atoms with Gasteiger partial charge in [0.25, 0.3) is 0 Å². The van der Waals surface area contributed by atoms with Crippen LogP contribution in [0.4, 0.5) is 0 Å². The van der Waals surface area contributed by atoms with Crippen LogP contribution in [0.2, 0.25) is 10.0 Å². The lowest BCUT2D eigenvalue weighted by molar-refractivity contribution is -0.121. The highest BCUT2D eigenvalue weighted by molar-refractivity contribution is 7.88. The summed E-state index contributed by atoms with van der Waals surface area (Å²) in [5.41, 5.74) is 0.902. The first-order chi connectivity index (χ1) is 9.18. The van der Waals surface area contributed by atoms with Crippen LogP contribution >= 0.6 is 23.2 Å². The number of sulfonamides is 1. The van der Waals surface area contributed by atoms with Crippen molar-refractivity contribution in [1.82, 2.24) is 9.62 Å². The molecule has 0 aliphatic rings. The van der Waals surface area contributed by atoms with Crippen LogP contribution in [-0.4, -0.2) is 45.0 Å². The number of amides is 1. The number of nitrogens with zero attached hydrogens (tertiary/aromatic N) is 1. The van der Waals surface area contributed by atoms with E-state index in [1.807, 2.05) is 0 Å². The van der Waals surface area contributed by atoms with Crippen LogP contribution in [0.1, 0.15) is 5.56 Å². The van der Waals surface area contributed by atoms with E-state index in [-0.39, 0.29) is 12.5 Å². The Hall–Kier alpha value is -0.820. The van der Waals surface area contributed by atoms with E-state index in [1.54, 1.807) is 18.2 Å². The van der Waals surface area contributed by atoms with Crippen molar-refractivity contribution < 1.29 is 13.2 Å². The number of benzene rings is 1. The van der Waals surface area contributed by atoms with E-state index in [0.717, 1.165) is 16.1 Å². The minimum Gasteiger partial charge on any atom is -0.355 e. The van der Waals surface area contributed by atoms with Gasteiger partial charge in [-0.3, -0.25) is 4.79 Å². The monoisotopic (exact) mass is 338 g/mol. The van der Waals surface area contributed by atoms with Crippen molar-refractivity contribution in [3.63, 3.8) is 0 Å².